The molecule has 1 saturated heterocycles. The van der Waals surface area contributed by atoms with Crippen LogP contribution < -0.4 is 4.74 Å². The molecule has 0 radical (unpaired) electrons. The van der Waals surface area contributed by atoms with Gasteiger partial charge in [-0.05, 0) is 40.2 Å². The number of ether oxygens (including phenoxy) is 1. The average molecular weight is 235 g/mol. The van der Waals surface area contributed by atoms with E-state index < -0.39 is 0 Å². The Bertz CT molecular complexity index is 350. The summed E-state index contributed by atoms with van der Waals surface area (Å²) in [5.41, 5.74) is 0.921. The van der Waals surface area contributed by atoms with E-state index in [0.717, 1.165) is 18.7 Å². The highest BCUT2D eigenvalue weighted by Crippen LogP contribution is 2.17. The number of hydrogen-bond acceptors (Lipinski definition) is 4. The third-order valence-corrected chi connectivity index (χ3v) is 3.18. The van der Waals surface area contributed by atoms with Crippen molar-refractivity contribution in [1.29, 1.82) is 0 Å². The van der Waals surface area contributed by atoms with Crippen molar-refractivity contribution in [3.05, 3.63) is 18.1 Å². The van der Waals surface area contributed by atoms with Gasteiger partial charge in [0, 0.05) is 12.6 Å². The molecule has 2 rings (SSSR count). The molecule has 0 amide bonds. The minimum absolute atomic E-state index is 0.253. The summed E-state index contributed by atoms with van der Waals surface area (Å²) in [6, 6.07) is 0.588. The Morgan fingerprint density at radius 1 is 1.35 bits per heavy atom. The van der Waals surface area contributed by atoms with E-state index in [4.69, 9.17) is 4.74 Å². The minimum atomic E-state index is 0.253. The van der Waals surface area contributed by atoms with Crippen LogP contribution in [0.2, 0.25) is 0 Å². The third kappa shape index (κ3) is 3.40. The summed E-state index contributed by atoms with van der Waals surface area (Å²) in [6.45, 7) is 8.56. The van der Waals surface area contributed by atoms with Gasteiger partial charge in [-0.3, -0.25) is 9.88 Å². The Morgan fingerprint density at radius 3 is 2.82 bits per heavy atom. The van der Waals surface area contributed by atoms with Crippen molar-refractivity contribution < 1.29 is 4.74 Å². The number of aryl methyl sites for hydroxylation is 1. The van der Waals surface area contributed by atoms with Crippen LogP contribution in [0.15, 0.2) is 12.4 Å². The van der Waals surface area contributed by atoms with Crippen LogP contribution in [0.3, 0.4) is 0 Å². The lowest BCUT2D eigenvalue weighted by atomic mass is 10.1. The first-order valence-electron chi connectivity index (χ1n) is 6.34. The Labute approximate surface area is 103 Å². The van der Waals surface area contributed by atoms with Crippen molar-refractivity contribution in [2.24, 2.45) is 0 Å². The van der Waals surface area contributed by atoms with Gasteiger partial charge in [-0.25, -0.2) is 4.98 Å². The van der Waals surface area contributed by atoms with E-state index >= 15 is 0 Å². The predicted molar refractivity (Wildman–Crippen MR) is 67.1 cm³/mol. The van der Waals surface area contributed by atoms with Gasteiger partial charge in [-0.15, -0.1) is 0 Å². The fourth-order valence-corrected chi connectivity index (χ4v) is 2.14. The van der Waals surface area contributed by atoms with Crippen LogP contribution >= 0.6 is 0 Å². The zero-order valence-electron chi connectivity index (χ0n) is 10.9. The molecule has 1 aliphatic rings. The van der Waals surface area contributed by atoms with Crippen LogP contribution in [0.5, 0.6) is 5.88 Å². The molecule has 1 aliphatic heterocycles. The van der Waals surface area contributed by atoms with Gasteiger partial charge >= 0.3 is 0 Å². The van der Waals surface area contributed by atoms with Crippen molar-refractivity contribution in [2.75, 3.05) is 13.1 Å². The van der Waals surface area contributed by atoms with Crippen LogP contribution in [0.1, 0.15) is 32.4 Å². The second-order valence-electron chi connectivity index (χ2n) is 4.97. The maximum Gasteiger partial charge on any atom is 0.232 e. The number of aromatic nitrogens is 2. The Morgan fingerprint density at radius 2 is 2.18 bits per heavy atom. The summed E-state index contributed by atoms with van der Waals surface area (Å²) in [6.07, 6.45) is 6.02. The minimum Gasteiger partial charge on any atom is -0.472 e. The average Bonchev–Trinajstić information content (AvgIpc) is 2.32. The van der Waals surface area contributed by atoms with E-state index in [0.29, 0.717) is 11.9 Å². The summed E-state index contributed by atoms with van der Waals surface area (Å²) in [4.78, 5) is 10.9. The molecule has 0 aromatic carbocycles. The molecule has 0 bridgehead atoms. The first-order valence-corrected chi connectivity index (χ1v) is 6.34. The van der Waals surface area contributed by atoms with Crippen molar-refractivity contribution in [3.8, 4) is 5.88 Å². The molecular formula is C13H21N3O. The third-order valence-electron chi connectivity index (χ3n) is 3.18. The first kappa shape index (κ1) is 12.3. The standard InChI is InChI=1S/C13H21N3O/c1-10(2)16-6-4-5-12(9-16)17-13-8-14-11(3)7-15-13/h7-8,10,12H,4-6,9H2,1-3H3. The highest BCUT2D eigenvalue weighted by Gasteiger charge is 2.23. The molecule has 1 fully saturated rings. The summed E-state index contributed by atoms with van der Waals surface area (Å²) < 4.78 is 5.88. The van der Waals surface area contributed by atoms with E-state index in [2.05, 4.69) is 28.7 Å². The van der Waals surface area contributed by atoms with Crippen molar-refractivity contribution in [3.63, 3.8) is 0 Å². The smallest absolute Gasteiger partial charge is 0.232 e. The van der Waals surface area contributed by atoms with Gasteiger partial charge < -0.3 is 4.74 Å². The van der Waals surface area contributed by atoms with Crippen LogP contribution in [0.4, 0.5) is 0 Å². The second-order valence-corrected chi connectivity index (χ2v) is 4.97. The van der Waals surface area contributed by atoms with Gasteiger partial charge in [-0.2, -0.15) is 0 Å². The molecule has 94 valence electrons. The van der Waals surface area contributed by atoms with E-state index in [1.807, 2.05) is 6.92 Å². The largest absolute Gasteiger partial charge is 0.472 e. The highest BCUT2D eigenvalue weighted by molar-refractivity contribution is 5.06. The second kappa shape index (κ2) is 5.45. The highest BCUT2D eigenvalue weighted by atomic mass is 16.5. The number of likely N-dealkylation sites (tertiary alicyclic amines) is 1. The topological polar surface area (TPSA) is 38.2 Å². The molecule has 1 aromatic rings. The Kier molecular flexibility index (Phi) is 3.94. The van der Waals surface area contributed by atoms with Crippen LogP contribution in [0, 0.1) is 6.92 Å². The number of rotatable bonds is 3. The zero-order chi connectivity index (χ0) is 12.3. The summed E-state index contributed by atoms with van der Waals surface area (Å²) >= 11 is 0. The molecule has 0 spiro atoms. The van der Waals surface area contributed by atoms with Gasteiger partial charge in [0.25, 0.3) is 0 Å². The SMILES string of the molecule is Cc1cnc(OC2CCCN(C(C)C)C2)cn1. The van der Waals surface area contributed by atoms with E-state index in [-0.39, 0.29) is 6.10 Å². The Hall–Kier alpha value is -1.16. The molecule has 4 nitrogen and oxygen atoms in total. The molecule has 2 heterocycles. The normalized spacial score (nSPS) is 21.8. The molecule has 17 heavy (non-hydrogen) atoms. The van der Waals surface area contributed by atoms with Gasteiger partial charge in [0.05, 0.1) is 18.1 Å². The monoisotopic (exact) mass is 235 g/mol. The summed E-state index contributed by atoms with van der Waals surface area (Å²) in [7, 11) is 0. The Balaban J connectivity index is 1.92. The molecule has 1 unspecified atom stereocenters. The maximum atomic E-state index is 5.88. The van der Waals surface area contributed by atoms with Gasteiger partial charge in [0.2, 0.25) is 5.88 Å². The van der Waals surface area contributed by atoms with Crippen molar-refractivity contribution >= 4 is 0 Å². The van der Waals surface area contributed by atoms with E-state index in [1.54, 1.807) is 12.4 Å². The van der Waals surface area contributed by atoms with Gasteiger partial charge in [0.15, 0.2) is 0 Å². The van der Waals surface area contributed by atoms with Gasteiger partial charge in [0.1, 0.15) is 6.10 Å². The van der Waals surface area contributed by atoms with Crippen molar-refractivity contribution in [2.45, 2.75) is 45.8 Å². The number of piperidine rings is 1. The lowest BCUT2D eigenvalue weighted by molar-refractivity contribution is 0.0674. The molecule has 1 atom stereocenters. The first-order chi connectivity index (χ1) is 8.15. The maximum absolute atomic E-state index is 5.88. The zero-order valence-corrected chi connectivity index (χ0v) is 10.9. The van der Waals surface area contributed by atoms with E-state index in [9.17, 15) is 0 Å². The van der Waals surface area contributed by atoms with E-state index in [1.165, 1.54) is 13.0 Å². The molecule has 0 saturated carbocycles. The molecule has 4 heteroatoms. The van der Waals surface area contributed by atoms with Crippen LogP contribution in [0.25, 0.3) is 0 Å². The fourth-order valence-electron chi connectivity index (χ4n) is 2.14. The predicted octanol–water partition coefficient (Wildman–Crippen LogP) is 2.04. The molecule has 0 N–H and O–H groups in total. The van der Waals surface area contributed by atoms with Crippen molar-refractivity contribution in [1.82, 2.24) is 14.9 Å². The summed E-state index contributed by atoms with van der Waals surface area (Å²) in [5.74, 6) is 0.645. The quantitative estimate of drug-likeness (QED) is 0.803. The number of nitrogens with zero attached hydrogens (tertiary/aromatic N) is 3. The fraction of sp³-hybridized carbons (Fsp3) is 0.692. The molecule has 0 aliphatic carbocycles. The lowest BCUT2D eigenvalue weighted by Gasteiger charge is -2.35. The molecule has 1 aromatic heterocycles. The molecular weight excluding hydrogens is 214 g/mol. The van der Waals surface area contributed by atoms with Gasteiger partial charge in [-0.1, -0.05) is 0 Å². The number of hydrogen-bond donors (Lipinski definition) is 0. The summed E-state index contributed by atoms with van der Waals surface area (Å²) in [5, 5.41) is 0. The van der Waals surface area contributed by atoms with Crippen LogP contribution in [-0.4, -0.2) is 40.1 Å². The lowest BCUT2D eigenvalue weighted by Crippen LogP contribution is -2.44. The van der Waals surface area contributed by atoms with Crippen LogP contribution in [-0.2, 0) is 0 Å².